The summed E-state index contributed by atoms with van der Waals surface area (Å²) in [5.41, 5.74) is 0.534. The zero-order valence-corrected chi connectivity index (χ0v) is 12.9. The Morgan fingerprint density at radius 2 is 2.16 bits per heavy atom. The molecule has 0 aliphatic heterocycles. The molecule has 0 saturated heterocycles. The highest BCUT2D eigenvalue weighted by atomic mass is 19.1. The van der Waals surface area contributed by atoms with E-state index in [1.54, 1.807) is 24.3 Å². The number of pyridine rings is 1. The molecule has 1 aromatic carbocycles. The van der Waals surface area contributed by atoms with Gasteiger partial charge in [-0.2, -0.15) is 4.98 Å². The van der Waals surface area contributed by atoms with Crippen molar-refractivity contribution >= 4 is 12.0 Å². The van der Waals surface area contributed by atoms with E-state index in [-0.39, 0.29) is 23.8 Å². The minimum Gasteiger partial charge on any atom is -0.343 e. The quantitative estimate of drug-likeness (QED) is 0.691. The van der Waals surface area contributed by atoms with Gasteiger partial charge in [0.15, 0.2) is 0 Å². The minimum absolute atomic E-state index is 0.0106. The van der Waals surface area contributed by atoms with Gasteiger partial charge >= 0.3 is 0 Å². The van der Waals surface area contributed by atoms with Crippen molar-refractivity contribution in [3.8, 4) is 11.4 Å². The summed E-state index contributed by atoms with van der Waals surface area (Å²) in [4.78, 5) is 29.6. The van der Waals surface area contributed by atoms with Crippen LogP contribution in [0.5, 0.6) is 0 Å². The molecule has 0 fully saturated rings. The van der Waals surface area contributed by atoms with Crippen molar-refractivity contribution < 1.29 is 13.7 Å². The van der Waals surface area contributed by atoms with E-state index in [1.165, 1.54) is 30.5 Å². The number of amides is 1. The molecule has 25 heavy (non-hydrogen) atoms. The van der Waals surface area contributed by atoms with Gasteiger partial charge in [0.2, 0.25) is 23.2 Å². The maximum absolute atomic E-state index is 13.4. The standard InChI is InChI=1S/C17H13FN4O3/c18-13-4-2-1-3-11(13)5-6-14(23)20-10-16-21-17(22-25-16)12-7-8-19-15(24)9-12/h1-9H,10H2,(H,19,24)(H,20,23)/b6-5+. The van der Waals surface area contributed by atoms with Crippen LogP contribution in [0.3, 0.4) is 0 Å². The number of hydrogen-bond acceptors (Lipinski definition) is 5. The normalized spacial score (nSPS) is 10.9. The predicted molar refractivity (Wildman–Crippen MR) is 87.6 cm³/mol. The monoisotopic (exact) mass is 340 g/mol. The third-order valence-corrected chi connectivity index (χ3v) is 3.23. The minimum atomic E-state index is -0.431. The fraction of sp³-hybridized carbons (Fsp3) is 0.0588. The Morgan fingerprint density at radius 1 is 1.32 bits per heavy atom. The fourth-order valence-corrected chi connectivity index (χ4v) is 2.02. The lowest BCUT2D eigenvalue weighted by molar-refractivity contribution is -0.116. The average Bonchev–Trinajstić information content (AvgIpc) is 3.08. The van der Waals surface area contributed by atoms with Gasteiger partial charge in [-0.05, 0) is 18.2 Å². The number of carbonyl (C=O) groups is 1. The van der Waals surface area contributed by atoms with Gasteiger partial charge in [0, 0.05) is 29.5 Å². The van der Waals surface area contributed by atoms with Crippen LogP contribution in [-0.4, -0.2) is 21.0 Å². The van der Waals surface area contributed by atoms with Crippen LogP contribution < -0.4 is 10.9 Å². The first kappa shape index (κ1) is 16.3. The second-order valence-electron chi connectivity index (χ2n) is 5.03. The van der Waals surface area contributed by atoms with Crippen LogP contribution in [0.4, 0.5) is 4.39 Å². The van der Waals surface area contributed by atoms with Gasteiger partial charge in [-0.3, -0.25) is 9.59 Å². The molecule has 0 unspecified atom stereocenters. The number of nitrogens with one attached hydrogen (secondary N) is 2. The molecule has 0 aliphatic carbocycles. The van der Waals surface area contributed by atoms with Crippen LogP contribution in [0, 0.1) is 5.82 Å². The number of rotatable bonds is 5. The number of hydrogen-bond donors (Lipinski definition) is 2. The molecule has 0 spiro atoms. The second kappa shape index (κ2) is 7.35. The van der Waals surface area contributed by atoms with Crippen LogP contribution in [0.2, 0.25) is 0 Å². The van der Waals surface area contributed by atoms with Crippen molar-refractivity contribution in [2.24, 2.45) is 0 Å². The molecule has 126 valence electrons. The number of halogens is 1. The van der Waals surface area contributed by atoms with Gasteiger partial charge in [-0.1, -0.05) is 23.4 Å². The van der Waals surface area contributed by atoms with Gasteiger partial charge in [0.05, 0.1) is 6.54 Å². The fourth-order valence-electron chi connectivity index (χ4n) is 2.02. The van der Waals surface area contributed by atoms with Crippen LogP contribution >= 0.6 is 0 Å². The zero-order valence-electron chi connectivity index (χ0n) is 12.9. The molecule has 3 aromatic rings. The van der Waals surface area contributed by atoms with Crippen molar-refractivity contribution in [2.45, 2.75) is 6.54 Å². The van der Waals surface area contributed by atoms with Crippen molar-refractivity contribution in [2.75, 3.05) is 0 Å². The number of nitrogens with zero attached hydrogens (tertiary/aromatic N) is 2. The first-order valence-corrected chi connectivity index (χ1v) is 7.34. The summed E-state index contributed by atoms with van der Waals surface area (Å²) < 4.78 is 18.5. The Labute approximate surface area is 141 Å². The van der Waals surface area contributed by atoms with E-state index >= 15 is 0 Å². The molecule has 3 rings (SSSR count). The molecule has 0 atom stereocenters. The SMILES string of the molecule is O=C(/C=C/c1ccccc1F)NCc1nc(-c2cc[nH]c(=O)c2)no1. The summed E-state index contributed by atoms with van der Waals surface area (Å²) in [6.45, 7) is 0.0106. The van der Waals surface area contributed by atoms with Crippen LogP contribution in [-0.2, 0) is 11.3 Å². The van der Waals surface area contributed by atoms with Crippen LogP contribution in [0.1, 0.15) is 11.5 Å². The van der Waals surface area contributed by atoms with E-state index in [1.807, 2.05) is 0 Å². The largest absolute Gasteiger partial charge is 0.343 e. The summed E-state index contributed by atoms with van der Waals surface area (Å²) in [6, 6.07) is 9.09. The molecule has 1 amide bonds. The van der Waals surface area contributed by atoms with Crippen molar-refractivity contribution in [3.05, 3.63) is 76.3 Å². The summed E-state index contributed by atoms with van der Waals surface area (Å²) in [5, 5.41) is 6.31. The van der Waals surface area contributed by atoms with Gasteiger partial charge in [-0.15, -0.1) is 0 Å². The smallest absolute Gasteiger partial charge is 0.248 e. The maximum atomic E-state index is 13.4. The maximum Gasteiger partial charge on any atom is 0.248 e. The van der Waals surface area contributed by atoms with Gasteiger partial charge in [0.1, 0.15) is 5.82 Å². The third kappa shape index (κ3) is 4.25. The summed E-state index contributed by atoms with van der Waals surface area (Å²) >= 11 is 0. The Bertz CT molecular complexity index is 978. The van der Waals surface area contributed by atoms with Crippen molar-refractivity contribution in [1.82, 2.24) is 20.4 Å². The van der Waals surface area contributed by atoms with Gasteiger partial charge in [0.25, 0.3) is 0 Å². The zero-order chi connectivity index (χ0) is 17.6. The Hall–Kier alpha value is -3.55. The average molecular weight is 340 g/mol. The second-order valence-corrected chi connectivity index (χ2v) is 5.03. The number of benzene rings is 1. The molecule has 2 aromatic heterocycles. The lowest BCUT2D eigenvalue weighted by Gasteiger charge is -1.98. The van der Waals surface area contributed by atoms with E-state index in [4.69, 9.17) is 4.52 Å². The summed E-state index contributed by atoms with van der Waals surface area (Å²) in [7, 11) is 0. The number of aromatic nitrogens is 3. The van der Waals surface area contributed by atoms with Crippen molar-refractivity contribution in [1.29, 1.82) is 0 Å². The molecule has 2 heterocycles. The van der Waals surface area contributed by atoms with E-state index < -0.39 is 11.7 Å². The van der Waals surface area contributed by atoms with E-state index in [9.17, 15) is 14.0 Å². The Morgan fingerprint density at radius 3 is 2.96 bits per heavy atom. The number of carbonyl (C=O) groups excluding carboxylic acids is 1. The van der Waals surface area contributed by atoms with E-state index in [0.29, 0.717) is 11.1 Å². The number of H-pyrrole nitrogens is 1. The van der Waals surface area contributed by atoms with Gasteiger partial charge in [-0.25, -0.2) is 4.39 Å². The molecule has 0 saturated carbocycles. The molecule has 2 N–H and O–H groups in total. The lowest BCUT2D eigenvalue weighted by Crippen LogP contribution is -2.20. The molecule has 8 heteroatoms. The summed E-state index contributed by atoms with van der Waals surface area (Å²) in [5.74, 6) is -0.412. The topological polar surface area (TPSA) is 101 Å². The summed E-state index contributed by atoms with van der Waals surface area (Å²) in [6.07, 6.45) is 4.07. The molecule has 7 nitrogen and oxygen atoms in total. The lowest BCUT2D eigenvalue weighted by atomic mass is 10.2. The Kier molecular flexibility index (Phi) is 4.79. The molecule has 0 bridgehead atoms. The van der Waals surface area contributed by atoms with Crippen LogP contribution in [0.25, 0.3) is 17.5 Å². The van der Waals surface area contributed by atoms with Crippen LogP contribution in [0.15, 0.2) is 58.0 Å². The highest BCUT2D eigenvalue weighted by Gasteiger charge is 2.09. The highest BCUT2D eigenvalue weighted by molar-refractivity contribution is 5.91. The highest BCUT2D eigenvalue weighted by Crippen LogP contribution is 2.12. The molecule has 0 aliphatic rings. The molecular formula is C17H13FN4O3. The number of aromatic amines is 1. The van der Waals surface area contributed by atoms with E-state index in [0.717, 1.165) is 0 Å². The molecule has 0 radical (unpaired) electrons. The molecular weight excluding hydrogens is 327 g/mol. The Balaban J connectivity index is 1.60. The van der Waals surface area contributed by atoms with E-state index in [2.05, 4.69) is 20.4 Å². The van der Waals surface area contributed by atoms with Crippen molar-refractivity contribution in [3.63, 3.8) is 0 Å². The van der Waals surface area contributed by atoms with Gasteiger partial charge < -0.3 is 14.8 Å². The third-order valence-electron chi connectivity index (χ3n) is 3.23. The predicted octanol–water partition coefficient (Wildman–Crippen LogP) is 1.89. The first-order valence-electron chi connectivity index (χ1n) is 7.34. The first-order chi connectivity index (χ1) is 12.1.